The molecule has 142 valence electrons. The van der Waals surface area contributed by atoms with Crippen LogP contribution in [0.1, 0.15) is 11.1 Å². The average molecular weight is 380 g/mol. The molecular weight excluding hydrogens is 362 g/mol. The minimum atomic E-state index is -0.431. The molecular formula is C21H18F2N4O. The Labute approximate surface area is 160 Å². The minimum absolute atomic E-state index is 0.00196. The number of anilines is 1. The molecule has 1 fully saturated rings. The molecule has 1 N–H and O–H groups in total. The maximum atomic E-state index is 14.1. The van der Waals surface area contributed by atoms with Crippen molar-refractivity contribution in [1.82, 2.24) is 9.88 Å². The molecule has 0 aliphatic carbocycles. The quantitative estimate of drug-likeness (QED) is 0.759. The van der Waals surface area contributed by atoms with Crippen LogP contribution in [0.5, 0.6) is 0 Å². The molecule has 0 radical (unpaired) electrons. The Morgan fingerprint density at radius 1 is 1.04 bits per heavy atom. The van der Waals surface area contributed by atoms with Crippen molar-refractivity contribution in [2.24, 2.45) is 0 Å². The van der Waals surface area contributed by atoms with Crippen LogP contribution in [-0.4, -0.2) is 30.7 Å². The van der Waals surface area contributed by atoms with Gasteiger partial charge in [0, 0.05) is 31.6 Å². The van der Waals surface area contributed by atoms with Crippen LogP contribution in [0.3, 0.4) is 0 Å². The van der Waals surface area contributed by atoms with Crippen LogP contribution < -0.4 is 15.8 Å². The maximum absolute atomic E-state index is 14.1. The third kappa shape index (κ3) is 3.23. The van der Waals surface area contributed by atoms with Crippen molar-refractivity contribution in [1.29, 1.82) is 5.26 Å². The molecule has 1 aromatic heterocycles. The Morgan fingerprint density at radius 2 is 1.71 bits per heavy atom. The second kappa shape index (κ2) is 7.41. The number of benzene rings is 2. The molecule has 0 amide bonds. The first kappa shape index (κ1) is 18.1. The molecule has 1 aliphatic heterocycles. The van der Waals surface area contributed by atoms with Gasteiger partial charge < -0.3 is 14.8 Å². The smallest absolute Gasteiger partial charge is 0.271 e. The number of halogens is 2. The van der Waals surface area contributed by atoms with Gasteiger partial charge in [0.2, 0.25) is 0 Å². The van der Waals surface area contributed by atoms with Crippen molar-refractivity contribution in [3.63, 3.8) is 0 Å². The minimum Gasteiger partial charge on any atom is -0.367 e. The van der Waals surface area contributed by atoms with Crippen LogP contribution in [0, 0.1) is 23.0 Å². The van der Waals surface area contributed by atoms with Crippen molar-refractivity contribution in [3.05, 3.63) is 75.6 Å². The molecule has 0 spiro atoms. The molecule has 1 saturated heterocycles. The maximum Gasteiger partial charge on any atom is 0.271 e. The average Bonchev–Trinajstić information content (AvgIpc) is 2.71. The molecule has 2 heterocycles. The Kier molecular flexibility index (Phi) is 4.80. The van der Waals surface area contributed by atoms with Crippen LogP contribution in [0.15, 0.2) is 47.3 Å². The van der Waals surface area contributed by atoms with E-state index in [1.54, 1.807) is 18.2 Å². The summed E-state index contributed by atoms with van der Waals surface area (Å²) in [4.78, 5) is 15.1. The van der Waals surface area contributed by atoms with Gasteiger partial charge in [0.1, 0.15) is 23.3 Å². The predicted octanol–water partition coefficient (Wildman–Crippen LogP) is 2.61. The van der Waals surface area contributed by atoms with Crippen LogP contribution in [0.4, 0.5) is 14.5 Å². The Hall–Kier alpha value is -3.24. The molecule has 0 unspecified atom stereocenters. The molecule has 3 aromatic rings. The summed E-state index contributed by atoms with van der Waals surface area (Å²) >= 11 is 0. The van der Waals surface area contributed by atoms with E-state index in [-0.39, 0.29) is 17.9 Å². The molecule has 2 aromatic carbocycles. The number of nitrogens with one attached hydrogen (secondary N) is 1. The lowest BCUT2D eigenvalue weighted by atomic mass is 10.1. The highest BCUT2D eigenvalue weighted by atomic mass is 19.1. The first-order valence-corrected chi connectivity index (χ1v) is 9.05. The fraction of sp³-hybridized carbons (Fsp3) is 0.238. The van der Waals surface area contributed by atoms with Crippen molar-refractivity contribution in [2.75, 3.05) is 31.1 Å². The second-order valence-corrected chi connectivity index (χ2v) is 6.75. The molecule has 5 nitrogen and oxygen atoms in total. The van der Waals surface area contributed by atoms with Crippen LogP contribution in [0.25, 0.3) is 10.9 Å². The summed E-state index contributed by atoms with van der Waals surface area (Å²) < 4.78 is 28.7. The number of hydrogen-bond acceptors (Lipinski definition) is 4. The first-order valence-electron chi connectivity index (χ1n) is 9.05. The summed E-state index contributed by atoms with van der Waals surface area (Å²) in [5.41, 5.74) is 1.32. The molecule has 1 aliphatic rings. The standard InChI is InChI=1S/C21H18F2N4O/c22-15-3-1-14(2-4-15)13-27-19-6-5-16(23)11-17(19)20(18(12-24)21(27)28)26-9-7-25-8-10-26/h1-6,11,25H,7-10,13H2. The molecule has 28 heavy (non-hydrogen) atoms. The van der Waals surface area contributed by atoms with E-state index >= 15 is 0 Å². The molecule has 4 rings (SSSR count). The lowest BCUT2D eigenvalue weighted by Gasteiger charge is -2.31. The third-order valence-electron chi connectivity index (χ3n) is 5.00. The van der Waals surface area contributed by atoms with E-state index < -0.39 is 11.4 Å². The van der Waals surface area contributed by atoms with Gasteiger partial charge in [0.05, 0.1) is 17.7 Å². The van der Waals surface area contributed by atoms with E-state index in [0.717, 1.165) is 13.1 Å². The summed E-state index contributed by atoms with van der Waals surface area (Å²) in [5.74, 6) is -0.797. The van der Waals surface area contributed by atoms with Crippen molar-refractivity contribution in [2.45, 2.75) is 6.54 Å². The first-order chi connectivity index (χ1) is 13.6. The number of hydrogen-bond donors (Lipinski definition) is 1. The van der Waals surface area contributed by atoms with Gasteiger partial charge in [0.15, 0.2) is 0 Å². The fourth-order valence-corrected chi connectivity index (χ4v) is 3.66. The normalized spacial score (nSPS) is 14.2. The zero-order valence-corrected chi connectivity index (χ0v) is 15.1. The summed E-state index contributed by atoms with van der Waals surface area (Å²) in [6.45, 7) is 2.86. The van der Waals surface area contributed by atoms with Gasteiger partial charge in [-0.2, -0.15) is 5.26 Å². The molecule has 0 bridgehead atoms. The number of piperazine rings is 1. The van der Waals surface area contributed by atoms with Crippen LogP contribution in [-0.2, 0) is 6.54 Å². The van der Waals surface area contributed by atoms with E-state index in [9.17, 15) is 18.8 Å². The second-order valence-electron chi connectivity index (χ2n) is 6.75. The number of nitrogens with zero attached hydrogens (tertiary/aromatic N) is 3. The van der Waals surface area contributed by atoms with Gasteiger partial charge in [-0.3, -0.25) is 4.79 Å². The molecule has 7 heteroatoms. The SMILES string of the molecule is N#Cc1c(N2CCNCC2)c2cc(F)ccc2n(Cc2ccc(F)cc2)c1=O. The van der Waals surface area contributed by atoms with Crippen LogP contribution in [0.2, 0.25) is 0 Å². The van der Waals surface area contributed by atoms with Crippen LogP contribution >= 0.6 is 0 Å². The molecule has 0 saturated carbocycles. The predicted molar refractivity (Wildman–Crippen MR) is 103 cm³/mol. The topological polar surface area (TPSA) is 61.1 Å². The highest BCUT2D eigenvalue weighted by molar-refractivity contribution is 5.95. The number of rotatable bonds is 3. The fourth-order valence-electron chi connectivity index (χ4n) is 3.66. The lowest BCUT2D eigenvalue weighted by molar-refractivity contribution is 0.589. The van der Waals surface area contributed by atoms with Gasteiger partial charge in [-0.15, -0.1) is 0 Å². The highest BCUT2D eigenvalue weighted by Gasteiger charge is 2.23. The van der Waals surface area contributed by atoms with E-state index in [1.165, 1.54) is 28.8 Å². The summed E-state index contributed by atoms with van der Waals surface area (Å²) in [6.07, 6.45) is 0. The third-order valence-corrected chi connectivity index (χ3v) is 5.00. The summed E-state index contributed by atoms with van der Waals surface area (Å²) in [5, 5.41) is 13.5. The zero-order valence-electron chi connectivity index (χ0n) is 15.1. The van der Waals surface area contributed by atoms with Crippen molar-refractivity contribution in [3.8, 4) is 6.07 Å². The van der Waals surface area contributed by atoms with Gasteiger partial charge in [-0.25, -0.2) is 8.78 Å². The number of fused-ring (bicyclic) bond motifs is 1. The summed E-state index contributed by atoms with van der Waals surface area (Å²) in [6, 6.07) is 12.1. The Morgan fingerprint density at radius 3 is 2.39 bits per heavy atom. The van der Waals surface area contributed by atoms with E-state index in [0.29, 0.717) is 35.2 Å². The van der Waals surface area contributed by atoms with Gasteiger partial charge in [-0.05, 0) is 35.9 Å². The zero-order chi connectivity index (χ0) is 19.7. The summed E-state index contributed by atoms with van der Waals surface area (Å²) in [7, 11) is 0. The van der Waals surface area contributed by atoms with E-state index in [4.69, 9.17) is 0 Å². The van der Waals surface area contributed by atoms with E-state index in [1.807, 2.05) is 11.0 Å². The molecule has 0 atom stereocenters. The largest absolute Gasteiger partial charge is 0.367 e. The Bertz CT molecular complexity index is 1130. The number of nitriles is 1. The van der Waals surface area contributed by atoms with Crippen molar-refractivity contribution >= 4 is 16.6 Å². The van der Waals surface area contributed by atoms with Gasteiger partial charge in [0.25, 0.3) is 5.56 Å². The van der Waals surface area contributed by atoms with Gasteiger partial charge >= 0.3 is 0 Å². The van der Waals surface area contributed by atoms with E-state index in [2.05, 4.69) is 5.32 Å². The number of pyridine rings is 1. The number of aromatic nitrogens is 1. The Balaban J connectivity index is 1.96. The van der Waals surface area contributed by atoms with Gasteiger partial charge in [-0.1, -0.05) is 12.1 Å². The monoisotopic (exact) mass is 380 g/mol. The lowest BCUT2D eigenvalue weighted by Crippen LogP contribution is -2.44. The highest BCUT2D eigenvalue weighted by Crippen LogP contribution is 2.30. The van der Waals surface area contributed by atoms with Crippen molar-refractivity contribution < 1.29 is 8.78 Å².